The standard InChI is InChI=1S/C39H49N3O12/c1-4-42(38(48)52-23-27-18-12-7-13-19-27)29-20-28(40-36(46)50-21-25-14-8-5-9-15-25)30(43)31(44)33(29)54-35-32(45)34(39(2,49)24-53-35)41(3)37(47)51-22-26-16-10-6-11-17-26/h5-19,28-35,43-45,49H,4,20-24H2,1-3H3,(H,40,46). The van der Waals surface area contributed by atoms with Crippen molar-refractivity contribution in [3.63, 3.8) is 0 Å². The quantitative estimate of drug-likeness (QED) is 0.170. The molecule has 3 amide bonds. The number of ether oxygens (including phenoxy) is 5. The van der Waals surface area contributed by atoms with Crippen molar-refractivity contribution in [1.82, 2.24) is 15.1 Å². The smallest absolute Gasteiger partial charge is 0.410 e. The summed E-state index contributed by atoms with van der Waals surface area (Å²) in [4.78, 5) is 42.0. The van der Waals surface area contributed by atoms with Crippen LogP contribution in [0.1, 0.15) is 37.0 Å². The van der Waals surface area contributed by atoms with Crippen LogP contribution in [0.4, 0.5) is 14.4 Å². The topological polar surface area (TPSA) is 197 Å². The molecule has 0 bridgehead atoms. The Morgan fingerprint density at radius 1 is 0.778 bits per heavy atom. The maximum Gasteiger partial charge on any atom is 0.410 e. The molecule has 0 radical (unpaired) electrons. The van der Waals surface area contributed by atoms with Gasteiger partial charge in [-0.2, -0.15) is 0 Å². The number of hydrogen-bond acceptors (Lipinski definition) is 12. The second-order valence-corrected chi connectivity index (χ2v) is 13.6. The van der Waals surface area contributed by atoms with Gasteiger partial charge in [0, 0.05) is 13.6 Å². The van der Waals surface area contributed by atoms with Crippen molar-refractivity contribution < 1.29 is 58.5 Å². The molecule has 2 aliphatic rings. The number of nitrogens with zero attached hydrogens (tertiary/aromatic N) is 2. The third-order valence-electron chi connectivity index (χ3n) is 9.65. The van der Waals surface area contributed by atoms with Crippen LogP contribution in [0.5, 0.6) is 0 Å². The predicted molar refractivity (Wildman–Crippen MR) is 192 cm³/mol. The van der Waals surface area contributed by atoms with Gasteiger partial charge in [-0.15, -0.1) is 0 Å². The number of amides is 3. The summed E-state index contributed by atoms with van der Waals surface area (Å²) in [7, 11) is 1.36. The van der Waals surface area contributed by atoms with E-state index >= 15 is 0 Å². The molecule has 0 aromatic heterocycles. The van der Waals surface area contributed by atoms with Gasteiger partial charge in [0.25, 0.3) is 0 Å². The third kappa shape index (κ3) is 10.0. The molecule has 54 heavy (non-hydrogen) atoms. The largest absolute Gasteiger partial charge is 0.445 e. The highest BCUT2D eigenvalue weighted by Crippen LogP contribution is 2.34. The fraction of sp³-hybridized carbons (Fsp3) is 0.462. The van der Waals surface area contributed by atoms with Crippen molar-refractivity contribution in [3.05, 3.63) is 108 Å². The van der Waals surface area contributed by atoms with Gasteiger partial charge in [-0.3, -0.25) is 0 Å². The zero-order valence-corrected chi connectivity index (χ0v) is 30.5. The molecular formula is C39H49N3O12. The zero-order valence-electron chi connectivity index (χ0n) is 30.5. The van der Waals surface area contributed by atoms with Gasteiger partial charge >= 0.3 is 18.3 Å². The van der Waals surface area contributed by atoms with Gasteiger partial charge in [-0.1, -0.05) is 91.0 Å². The summed E-state index contributed by atoms with van der Waals surface area (Å²) in [5, 5.41) is 48.3. The normalized spacial score (nSPS) is 28.0. The van der Waals surface area contributed by atoms with E-state index in [0.29, 0.717) is 0 Å². The van der Waals surface area contributed by atoms with Gasteiger partial charge in [0.05, 0.1) is 24.7 Å². The summed E-state index contributed by atoms with van der Waals surface area (Å²) in [6.07, 6.45) is -10.6. The summed E-state index contributed by atoms with van der Waals surface area (Å²) in [6.45, 7) is 2.57. The van der Waals surface area contributed by atoms with Gasteiger partial charge in [0.2, 0.25) is 0 Å². The first-order chi connectivity index (χ1) is 25.9. The number of aliphatic hydroxyl groups excluding tert-OH is 3. The van der Waals surface area contributed by atoms with E-state index in [-0.39, 0.29) is 32.8 Å². The SMILES string of the molecule is CCN(C(=O)OCc1ccccc1)C1CC(NC(=O)OCc2ccccc2)C(O)C(O)C1OC1OCC(C)(O)C(N(C)C(=O)OCc2ccccc2)C1O. The Morgan fingerprint density at radius 2 is 1.28 bits per heavy atom. The second kappa shape index (κ2) is 18.5. The molecule has 15 heteroatoms. The van der Waals surface area contributed by atoms with Gasteiger partial charge in [-0.25, -0.2) is 14.4 Å². The van der Waals surface area contributed by atoms with Crippen LogP contribution in [0.3, 0.4) is 0 Å². The van der Waals surface area contributed by atoms with Crippen molar-refractivity contribution in [2.75, 3.05) is 20.2 Å². The third-order valence-corrected chi connectivity index (χ3v) is 9.65. The van der Waals surface area contributed by atoms with Crippen LogP contribution in [0.2, 0.25) is 0 Å². The predicted octanol–water partition coefficient (Wildman–Crippen LogP) is 2.92. The Morgan fingerprint density at radius 3 is 1.80 bits per heavy atom. The molecule has 9 atom stereocenters. The first kappa shape index (κ1) is 40.4. The number of alkyl carbamates (subject to hydrolysis) is 1. The van der Waals surface area contributed by atoms with Crippen molar-refractivity contribution in [1.29, 1.82) is 0 Å². The monoisotopic (exact) mass is 751 g/mol. The van der Waals surface area contributed by atoms with Gasteiger partial charge in [-0.05, 0) is 37.0 Å². The number of carbonyl (C=O) groups is 3. The number of nitrogens with one attached hydrogen (secondary N) is 1. The van der Waals surface area contributed by atoms with E-state index in [9.17, 15) is 34.8 Å². The molecule has 1 aliphatic carbocycles. The van der Waals surface area contributed by atoms with E-state index in [2.05, 4.69) is 5.32 Å². The lowest BCUT2D eigenvalue weighted by atomic mass is 9.82. The van der Waals surface area contributed by atoms with Crippen molar-refractivity contribution in [2.24, 2.45) is 0 Å². The van der Waals surface area contributed by atoms with E-state index in [0.717, 1.165) is 21.6 Å². The van der Waals surface area contributed by atoms with Gasteiger partial charge in [0.15, 0.2) is 6.29 Å². The zero-order chi connectivity index (χ0) is 38.8. The van der Waals surface area contributed by atoms with Crippen molar-refractivity contribution >= 4 is 18.3 Å². The summed E-state index contributed by atoms with van der Waals surface area (Å²) in [5.74, 6) is 0. The fourth-order valence-electron chi connectivity index (χ4n) is 6.84. The molecule has 5 rings (SSSR count). The second-order valence-electron chi connectivity index (χ2n) is 13.6. The molecule has 3 aromatic carbocycles. The lowest BCUT2D eigenvalue weighted by Gasteiger charge is -2.50. The molecule has 0 spiro atoms. The molecule has 1 saturated carbocycles. The maximum atomic E-state index is 13.6. The fourth-order valence-corrected chi connectivity index (χ4v) is 6.84. The molecule has 2 fully saturated rings. The molecule has 292 valence electrons. The molecule has 15 nitrogen and oxygen atoms in total. The van der Waals surface area contributed by atoms with Crippen LogP contribution in [0, 0.1) is 0 Å². The average molecular weight is 752 g/mol. The van der Waals surface area contributed by atoms with E-state index in [1.165, 1.54) is 18.9 Å². The Bertz CT molecular complexity index is 1650. The first-order valence-electron chi connectivity index (χ1n) is 17.8. The Labute approximate surface area is 313 Å². The van der Waals surface area contributed by atoms with Crippen LogP contribution >= 0.6 is 0 Å². The lowest BCUT2D eigenvalue weighted by Crippen LogP contribution is -2.70. The van der Waals surface area contributed by atoms with Crippen molar-refractivity contribution in [3.8, 4) is 0 Å². The molecule has 1 saturated heterocycles. The Hall–Kier alpha value is -4.77. The molecule has 1 aliphatic heterocycles. The van der Waals surface area contributed by atoms with Gasteiger partial charge < -0.3 is 59.2 Å². The van der Waals surface area contributed by atoms with Crippen molar-refractivity contribution in [2.45, 2.75) is 94.5 Å². The highest BCUT2D eigenvalue weighted by atomic mass is 16.7. The number of likely N-dealkylation sites (N-methyl/N-ethyl adjacent to an activating group) is 2. The molecule has 9 unspecified atom stereocenters. The van der Waals surface area contributed by atoms with Crippen LogP contribution in [0.15, 0.2) is 91.0 Å². The van der Waals surface area contributed by atoms with Gasteiger partial charge in [0.1, 0.15) is 49.8 Å². The highest BCUT2D eigenvalue weighted by Gasteiger charge is 2.54. The molecule has 3 aromatic rings. The number of carbonyl (C=O) groups excluding carboxylic acids is 3. The summed E-state index contributed by atoms with van der Waals surface area (Å²) in [6, 6.07) is 23.5. The molecular weight excluding hydrogens is 702 g/mol. The van der Waals surface area contributed by atoms with Crippen LogP contribution in [-0.2, 0) is 43.5 Å². The van der Waals surface area contributed by atoms with Crippen LogP contribution in [0.25, 0.3) is 0 Å². The van der Waals surface area contributed by atoms with E-state index < -0.39 is 79.3 Å². The minimum atomic E-state index is -1.77. The van der Waals surface area contributed by atoms with Crippen LogP contribution < -0.4 is 5.32 Å². The Kier molecular flexibility index (Phi) is 13.9. The number of aliphatic hydroxyl groups is 4. The Balaban J connectivity index is 1.34. The summed E-state index contributed by atoms with van der Waals surface area (Å²) >= 11 is 0. The van der Waals surface area contributed by atoms with E-state index in [1.807, 2.05) is 18.2 Å². The van der Waals surface area contributed by atoms with E-state index in [1.54, 1.807) is 79.7 Å². The maximum absolute atomic E-state index is 13.6. The lowest BCUT2D eigenvalue weighted by molar-refractivity contribution is -0.308. The first-order valence-corrected chi connectivity index (χ1v) is 17.8. The average Bonchev–Trinajstić information content (AvgIpc) is 3.17. The number of benzene rings is 3. The minimum Gasteiger partial charge on any atom is -0.445 e. The molecule has 1 heterocycles. The number of hydrogen-bond donors (Lipinski definition) is 5. The summed E-state index contributed by atoms with van der Waals surface area (Å²) in [5.41, 5.74) is 0.434. The number of rotatable bonds is 12. The van der Waals surface area contributed by atoms with E-state index in [4.69, 9.17) is 23.7 Å². The minimum absolute atomic E-state index is 0.0454. The highest BCUT2D eigenvalue weighted by molar-refractivity contribution is 5.69. The molecule has 5 N–H and O–H groups in total. The van der Waals surface area contributed by atoms with Crippen LogP contribution in [-0.4, -0.2) is 123 Å². The summed E-state index contributed by atoms with van der Waals surface area (Å²) < 4.78 is 28.4.